The van der Waals surface area contributed by atoms with Crippen molar-refractivity contribution in [2.75, 3.05) is 26.2 Å². The number of aromatic nitrogens is 4. The van der Waals surface area contributed by atoms with E-state index in [-0.39, 0.29) is 49.1 Å². The smallest absolute Gasteiger partial charge is 0.311 e. The lowest BCUT2D eigenvalue weighted by molar-refractivity contribution is -0.147. The molecule has 13 nitrogen and oxygen atoms in total. The number of nitrogens with one attached hydrogen (secondary N) is 1. The lowest BCUT2D eigenvalue weighted by atomic mass is 10.0. The Morgan fingerprint density at radius 1 is 1.15 bits per heavy atom. The molecule has 2 aliphatic rings. The molecule has 0 bridgehead atoms. The maximum atomic E-state index is 12.5. The lowest BCUT2D eigenvalue weighted by Crippen LogP contribution is -2.51. The van der Waals surface area contributed by atoms with E-state index in [1.165, 1.54) is 9.47 Å². The van der Waals surface area contributed by atoms with Gasteiger partial charge < -0.3 is 24.8 Å². The lowest BCUT2D eigenvalue weighted by Gasteiger charge is -2.36. The fourth-order valence-electron chi connectivity index (χ4n) is 4.33. The van der Waals surface area contributed by atoms with Crippen LogP contribution in [0.2, 0.25) is 0 Å². The summed E-state index contributed by atoms with van der Waals surface area (Å²) in [6.45, 7) is 0.972. The molecule has 2 aromatic rings. The highest BCUT2D eigenvalue weighted by Gasteiger charge is 2.39. The number of aliphatic carboxylic acids is 1. The van der Waals surface area contributed by atoms with Crippen LogP contribution in [0.1, 0.15) is 25.1 Å². The molecule has 33 heavy (non-hydrogen) atoms. The second kappa shape index (κ2) is 9.00. The van der Waals surface area contributed by atoms with Crippen molar-refractivity contribution in [1.82, 2.24) is 34.3 Å². The van der Waals surface area contributed by atoms with Gasteiger partial charge in [-0.3, -0.25) is 28.4 Å². The van der Waals surface area contributed by atoms with Gasteiger partial charge in [0, 0.05) is 64.5 Å². The van der Waals surface area contributed by atoms with E-state index in [1.807, 2.05) is 0 Å². The third kappa shape index (κ3) is 4.43. The van der Waals surface area contributed by atoms with Gasteiger partial charge in [-0.05, 0) is 12.8 Å². The van der Waals surface area contributed by atoms with Crippen molar-refractivity contribution in [2.24, 2.45) is 13.0 Å². The SMILES string of the molecule is Cn1ccn2c(CCNC(=O)C(=O)N3CCC(N4CC(C(=O)O)CC4=O)CC3)nnc2c1=O. The van der Waals surface area contributed by atoms with Crippen molar-refractivity contribution >= 4 is 29.3 Å². The van der Waals surface area contributed by atoms with Crippen molar-refractivity contribution < 1.29 is 24.3 Å². The molecule has 0 aliphatic carbocycles. The van der Waals surface area contributed by atoms with Crippen LogP contribution in [0, 0.1) is 5.92 Å². The van der Waals surface area contributed by atoms with E-state index >= 15 is 0 Å². The molecule has 2 aromatic heterocycles. The fourth-order valence-corrected chi connectivity index (χ4v) is 4.33. The minimum absolute atomic E-state index is 0.00674. The van der Waals surface area contributed by atoms with Crippen molar-refractivity contribution in [3.05, 3.63) is 28.6 Å². The highest BCUT2D eigenvalue weighted by Crippen LogP contribution is 2.25. The second-order valence-corrected chi connectivity index (χ2v) is 8.34. The topological polar surface area (TPSA) is 159 Å². The maximum absolute atomic E-state index is 12.5. The zero-order chi connectivity index (χ0) is 23.7. The summed E-state index contributed by atoms with van der Waals surface area (Å²) < 4.78 is 2.94. The summed E-state index contributed by atoms with van der Waals surface area (Å²) in [5, 5.41) is 19.6. The Labute approximate surface area is 188 Å². The first-order chi connectivity index (χ1) is 15.8. The number of hydrogen-bond donors (Lipinski definition) is 2. The minimum Gasteiger partial charge on any atom is -0.481 e. The van der Waals surface area contributed by atoms with E-state index in [1.54, 1.807) is 28.7 Å². The molecule has 0 saturated carbocycles. The summed E-state index contributed by atoms with van der Waals surface area (Å²) in [5.74, 6) is -2.73. The molecule has 2 fully saturated rings. The molecule has 1 unspecified atom stereocenters. The molecule has 2 saturated heterocycles. The van der Waals surface area contributed by atoms with Crippen LogP contribution in [0.25, 0.3) is 5.65 Å². The summed E-state index contributed by atoms with van der Waals surface area (Å²) in [6.07, 6.45) is 4.54. The fraction of sp³-hybridized carbons (Fsp3) is 0.550. The van der Waals surface area contributed by atoms with Crippen LogP contribution in [-0.2, 0) is 32.6 Å². The Bertz CT molecular complexity index is 1160. The summed E-state index contributed by atoms with van der Waals surface area (Å²) in [5.41, 5.74) is -0.0978. The monoisotopic (exact) mass is 459 g/mol. The van der Waals surface area contributed by atoms with Gasteiger partial charge in [-0.2, -0.15) is 0 Å². The van der Waals surface area contributed by atoms with Crippen molar-refractivity contribution in [1.29, 1.82) is 0 Å². The van der Waals surface area contributed by atoms with Crippen molar-refractivity contribution in [3.8, 4) is 0 Å². The van der Waals surface area contributed by atoms with Crippen LogP contribution in [0.15, 0.2) is 17.2 Å². The van der Waals surface area contributed by atoms with Gasteiger partial charge in [-0.15, -0.1) is 10.2 Å². The number of aryl methyl sites for hydroxylation is 1. The van der Waals surface area contributed by atoms with Crippen molar-refractivity contribution in [3.63, 3.8) is 0 Å². The maximum Gasteiger partial charge on any atom is 0.311 e. The summed E-state index contributed by atoms with van der Waals surface area (Å²) in [4.78, 5) is 63.2. The number of piperidine rings is 1. The van der Waals surface area contributed by atoms with Gasteiger partial charge in [-0.25, -0.2) is 0 Å². The van der Waals surface area contributed by atoms with Gasteiger partial charge in [0.2, 0.25) is 11.6 Å². The molecule has 2 N–H and O–H groups in total. The third-order valence-electron chi connectivity index (χ3n) is 6.25. The number of rotatable bonds is 5. The molecule has 2 aliphatic heterocycles. The quantitative estimate of drug-likeness (QED) is 0.486. The van der Waals surface area contributed by atoms with E-state index in [0.717, 1.165) is 0 Å². The minimum atomic E-state index is -0.975. The average molecular weight is 459 g/mol. The third-order valence-corrected chi connectivity index (χ3v) is 6.25. The van der Waals surface area contributed by atoms with Gasteiger partial charge in [0.1, 0.15) is 5.82 Å². The predicted molar refractivity (Wildman–Crippen MR) is 112 cm³/mol. The number of carboxylic acids is 1. The number of hydrogen-bond acceptors (Lipinski definition) is 7. The first kappa shape index (κ1) is 22.4. The zero-order valence-corrected chi connectivity index (χ0v) is 18.1. The van der Waals surface area contributed by atoms with Crippen LogP contribution >= 0.6 is 0 Å². The molecule has 176 valence electrons. The second-order valence-electron chi connectivity index (χ2n) is 8.34. The predicted octanol–water partition coefficient (Wildman–Crippen LogP) is -1.99. The average Bonchev–Trinajstić information content (AvgIpc) is 3.40. The molecule has 4 rings (SSSR count). The normalized spacial score (nSPS) is 19.3. The Hall–Kier alpha value is -3.77. The number of carboxylic acid groups (broad SMARTS) is 1. The molecule has 4 heterocycles. The van der Waals surface area contributed by atoms with Crippen LogP contribution < -0.4 is 10.9 Å². The van der Waals surface area contributed by atoms with Gasteiger partial charge in [0.15, 0.2) is 0 Å². The Morgan fingerprint density at radius 3 is 2.55 bits per heavy atom. The largest absolute Gasteiger partial charge is 0.481 e. The standard InChI is InChI=1S/C20H25N7O6/c1-24-8-9-26-14(22-23-16(26)18(24)30)2-5-21-17(29)19(31)25-6-3-13(4-7-25)27-11-12(20(32)33)10-15(27)28/h8-9,12-13H,2-7,10-11H2,1H3,(H,21,29)(H,32,33). The number of carbonyl (C=O) groups excluding carboxylic acids is 3. The van der Waals surface area contributed by atoms with Crippen LogP contribution in [0.3, 0.4) is 0 Å². The summed E-state index contributed by atoms with van der Waals surface area (Å²) in [6, 6.07) is -0.122. The molecule has 0 spiro atoms. The van der Waals surface area contributed by atoms with Gasteiger partial charge in [-0.1, -0.05) is 0 Å². The van der Waals surface area contributed by atoms with Crippen LogP contribution in [0.5, 0.6) is 0 Å². The van der Waals surface area contributed by atoms with E-state index in [4.69, 9.17) is 5.11 Å². The Kier molecular flexibility index (Phi) is 6.11. The molecular weight excluding hydrogens is 434 g/mol. The zero-order valence-electron chi connectivity index (χ0n) is 18.1. The van der Waals surface area contributed by atoms with Crippen molar-refractivity contribution in [2.45, 2.75) is 31.7 Å². The highest BCUT2D eigenvalue weighted by molar-refractivity contribution is 6.35. The number of amides is 3. The first-order valence-electron chi connectivity index (χ1n) is 10.7. The van der Waals surface area contributed by atoms with Gasteiger partial charge in [0.05, 0.1) is 5.92 Å². The first-order valence-corrected chi connectivity index (χ1v) is 10.7. The molecule has 3 amide bonds. The van der Waals surface area contributed by atoms with Crippen LogP contribution in [-0.4, -0.2) is 90.0 Å². The summed E-state index contributed by atoms with van der Waals surface area (Å²) >= 11 is 0. The van der Waals surface area contributed by atoms with E-state index < -0.39 is 23.7 Å². The summed E-state index contributed by atoms with van der Waals surface area (Å²) in [7, 11) is 1.61. The number of fused-ring (bicyclic) bond motifs is 1. The number of carbonyl (C=O) groups is 4. The number of likely N-dealkylation sites (tertiary alicyclic amines) is 2. The van der Waals surface area contributed by atoms with E-state index in [0.29, 0.717) is 31.8 Å². The molecule has 1 atom stereocenters. The van der Waals surface area contributed by atoms with E-state index in [2.05, 4.69) is 15.5 Å². The molecule has 0 radical (unpaired) electrons. The van der Waals surface area contributed by atoms with Gasteiger partial charge >= 0.3 is 17.8 Å². The van der Waals surface area contributed by atoms with Gasteiger partial charge in [0.25, 0.3) is 5.56 Å². The van der Waals surface area contributed by atoms with Crippen LogP contribution in [0.4, 0.5) is 0 Å². The highest BCUT2D eigenvalue weighted by atomic mass is 16.4. The Balaban J connectivity index is 1.25. The Morgan fingerprint density at radius 2 is 1.88 bits per heavy atom. The molecule has 13 heteroatoms. The molecular formula is C20H25N7O6. The molecule has 0 aromatic carbocycles. The number of nitrogens with zero attached hydrogens (tertiary/aromatic N) is 6. The van der Waals surface area contributed by atoms with E-state index in [9.17, 15) is 24.0 Å².